The molecule has 1 aliphatic rings. The zero-order chi connectivity index (χ0) is 15.5. The number of hydrogen-bond acceptors (Lipinski definition) is 4. The molecule has 3 rings (SSSR count). The van der Waals surface area contributed by atoms with E-state index in [1.54, 1.807) is 24.7 Å². The van der Waals surface area contributed by atoms with Crippen LogP contribution in [0.1, 0.15) is 17.3 Å². The van der Waals surface area contributed by atoms with Gasteiger partial charge in [0.15, 0.2) is 0 Å². The molecule has 0 bridgehead atoms. The zero-order valence-corrected chi connectivity index (χ0v) is 12.9. The first-order chi connectivity index (χ1) is 10.6. The van der Waals surface area contributed by atoms with E-state index in [1.165, 1.54) is 11.8 Å². The number of thioether (sulfide) groups is 1. The van der Waals surface area contributed by atoms with Crippen LogP contribution in [0.15, 0.2) is 41.8 Å². The van der Waals surface area contributed by atoms with Gasteiger partial charge in [-0.25, -0.2) is 4.98 Å². The van der Waals surface area contributed by atoms with Crippen LogP contribution in [0.2, 0.25) is 0 Å². The Morgan fingerprint density at radius 1 is 1.55 bits per heavy atom. The summed E-state index contributed by atoms with van der Waals surface area (Å²) < 4.78 is 1.91. The number of carbonyl (C=O) groups excluding carboxylic acids is 2. The van der Waals surface area contributed by atoms with Gasteiger partial charge in [0.05, 0.1) is 17.8 Å². The molecule has 22 heavy (non-hydrogen) atoms. The molecule has 6 nitrogen and oxygen atoms in total. The lowest BCUT2D eigenvalue weighted by atomic mass is 10.1. The first-order valence-corrected chi connectivity index (χ1v) is 7.93. The lowest BCUT2D eigenvalue weighted by molar-refractivity contribution is -0.113. The summed E-state index contributed by atoms with van der Waals surface area (Å²) in [6.07, 6.45) is 5.28. The highest BCUT2D eigenvalue weighted by Gasteiger charge is 2.18. The van der Waals surface area contributed by atoms with E-state index in [-0.39, 0.29) is 17.9 Å². The Hall–Kier alpha value is -2.28. The third-order valence-corrected chi connectivity index (χ3v) is 4.37. The quantitative estimate of drug-likeness (QED) is 0.901. The molecule has 1 aromatic heterocycles. The first kappa shape index (κ1) is 14.6. The van der Waals surface area contributed by atoms with E-state index in [0.717, 1.165) is 4.90 Å². The molecule has 2 heterocycles. The molecular weight excluding hydrogens is 300 g/mol. The third-order valence-electron chi connectivity index (χ3n) is 3.30. The van der Waals surface area contributed by atoms with Crippen LogP contribution in [0.25, 0.3) is 0 Å². The number of imidazole rings is 1. The highest BCUT2D eigenvalue weighted by atomic mass is 32.2. The van der Waals surface area contributed by atoms with Gasteiger partial charge >= 0.3 is 0 Å². The van der Waals surface area contributed by atoms with Gasteiger partial charge in [0.25, 0.3) is 5.91 Å². The van der Waals surface area contributed by atoms with Crippen molar-refractivity contribution in [3.63, 3.8) is 0 Å². The van der Waals surface area contributed by atoms with Crippen molar-refractivity contribution in [2.75, 3.05) is 11.1 Å². The Morgan fingerprint density at radius 2 is 2.41 bits per heavy atom. The minimum Gasteiger partial charge on any atom is -0.348 e. The number of carbonyl (C=O) groups is 2. The SMILES string of the molecule is C[C@H](Cn1ccnc1)NC(=O)c1ccc2c(c1)NC(=O)CS2. The Balaban J connectivity index is 1.67. The lowest BCUT2D eigenvalue weighted by Gasteiger charge is -2.18. The number of fused-ring (bicyclic) bond motifs is 1. The predicted molar refractivity (Wildman–Crippen MR) is 85.0 cm³/mol. The van der Waals surface area contributed by atoms with E-state index < -0.39 is 0 Å². The van der Waals surface area contributed by atoms with Crippen LogP contribution >= 0.6 is 11.8 Å². The average molecular weight is 316 g/mol. The smallest absolute Gasteiger partial charge is 0.251 e. The summed E-state index contributed by atoms with van der Waals surface area (Å²) in [4.78, 5) is 28.7. The topological polar surface area (TPSA) is 76.0 Å². The standard InChI is InChI=1S/C15H16N4O2S/c1-10(7-19-5-4-16-9-19)17-15(21)11-2-3-13-12(6-11)18-14(20)8-22-13/h2-6,9-10H,7-8H2,1H3,(H,17,21)(H,18,20)/t10-/m1/s1. The number of nitrogens with one attached hydrogen (secondary N) is 2. The van der Waals surface area contributed by atoms with E-state index in [1.807, 2.05) is 23.8 Å². The van der Waals surface area contributed by atoms with Crippen molar-refractivity contribution < 1.29 is 9.59 Å². The van der Waals surface area contributed by atoms with Gasteiger partial charge < -0.3 is 15.2 Å². The molecule has 0 saturated carbocycles. The summed E-state index contributed by atoms with van der Waals surface area (Å²) in [7, 11) is 0. The molecule has 2 aromatic rings. The lowest BCUT2D eigenvalue weighted by Crippen LogP contribution is -2.35. The van der Waals surface area contributed by atoms with Gasteiger partial charge in [-0.3, -0.25) is 9.59 Å². The minimum absolute atomic E-state index is 0.0262. The van der Waals surface area contributed by atoms with Gasteiger partial charge in [0, 0.05) is 35.4 Å². The fourth-order valence-corrected chi connectivity index (χ4v) is 3.08. The highest BCUT2D eigenvalue weighted by Crippen LogP contribution is 2.31. The van der Waals surface area contributed by atoms with Crippen molar-refractivity contribution in [3.05, 3.63) is 42.5 Å². The van der Waals surface area contributed by atoms with Crippen LogP contribution in [-0.4, -0.2) is 33.2 Å². The number of nitrogens with zero attached hydrogens (tertiary/aromatic N) is 2. The first-order valence-electron chi connectivity index (χ1n) is 6.95. The molecule has 2 amide bonds. The fraction of sp³-hybridized carbons (Fsp3) is 0.267. The molecule has 7 heteroatoms. The molecule has 2 N–H and O–H groups in total. The van der Waals surface area contributed by atoms with Crippen molar-refractivity contribution in [2.24, 2.45) is 0 Å². The molecule has 1 aromatic carbocycles. The van der Waals surface area contributed by atoms with E-state index >= 15 is 0 Å². The van der Waals surface area contributed by atoms with Crippen molar-refractivity contribution in [3.8, 4) is 0 Å². The van der Waals surface area contributed by atoms with Crippen molar-refractivity contribution in [1.29, 1.82) is 0 Å². The summed E-state index contributed by atoms with van der Waals surface area (Å²) in [5.41, 5.74) is 1.25. The van der Waals surface area contributed by atoms with Crippen molar-refractivity contribution in [1.82, 2.24) is 14.9 Å². The van der Waals surface area contributed by atoms with E-state index in [4.69, 9.17) is 0 Å². The summed E-state index contributed by atoms with van der Waals surface area (Å²) in [6.45, 7) is 2.59. The van der Waals surface area contributed by atoms with Crippen LogP contribution in [0.3, 0.4) is 0 Å². The van der Waals surface area contributed by atoms with Gasteiger partial charge in [-0.2, -0.15) is 0 Å². The van der Waals surface area contributed by atoms with Gasteiger partial charge in [0.1, 0.15) is 0 Å². The van der Waals surface area contributed by atoms with Gasteiger partial charge in [-0.1, -0.05) is 0 Å². The second-order valence-electron chi connectivity index (χ2n) is 5.18. The molecule has 1 atom stereocenters. The third kappa shape index (κ3) is 3.30. The van der Waals surface area contributed by atoms with Crippen LogP contribution in [0.4, 0.5) is 5.69 Å². The maximum atomic E-state index is 12.3. The number of rotatable bonds is 4. The maximum absolute atomic E-state index is 12.3. The minimum atomic E-state index is -0.153. The molecule has 0 fully saturated rings. The second kappa shape index (κ2) is 6.23. The summed E-state index contributed by atoms with van der Waals surface area (Å²) >= 11 is 1.48. The monoisotopic (exact) mass is 316 g/mol. The zero-order valence-electron chi connectivity index (χ0n) is 12.1. The summed E-state index contributed by atoms with van der Waals surface area (Å²) in [6, 6.07) is 5.34. The van der Waals surface area contributed by atoms with Crippen molar-refractivity contribution >= 4 is 29.3 Å². The molecule has 114 valence electrons. The Labute approximate surface area is 132 Å². The number of amides is 2. The number of benzene rings is 1. The molecule has 0 saturated heterocycles. The number of aromatic nitrogens is 2. The maximum Gasteiger partial charge on any atom is 0.251 e. The number of hydrogen-bond donors (Lipinski definition) is 2. The largest absolute Gasteiger partial charge is 0.348 e. The molecule has 0 aliphatic carbocycles. The van der Waals surface area contributed by atoms with E-state index in [0.29, 0.717) is 23.5 Å². The highest BCUT2D eigenvalue weighted by molar-refractivity contribution is 8.00. The van der Waals surface area contributed by atoms with Gasteiger partial charge in [-0.05, 0) is 25.1 Å². The Kier molecular flexibility index (Phi) is 4.15. The van der Waals surface area contributed by atoms with Gasteiger partial charge in [-0.15, -0.1) is 11.8 Å². The molecule has 1 aliphatic heterocycles. The van der Waals surface area contributed by atoms with Crippen LogP contribution in [0.5, 0.6) is 0 Å². The fourth-order valence-electron chi connectivity index (χ4n) is 2.29. The summed E-state index contributed by atoms with van der Waals surface area (Å²) in [5, 5.41) is 5.74. The Morgan fingerprint density at radius 3 is 3.18 bits per heavy atom. The Bertz CT molecular complexity index is 700. The number of anilines is 1. The van der Waals surface area contributed by atoms with Crippen LogP contribution in [0, 0.1) is 0 Å². The average Bonchev–Trinajstić information content (AvgIpc) is 2.99. The molecular formula is C15H16N4O2S. The van der Waals surface area contributed by atoms with E-state index in [9.17, 15) is 9.59 Å². The normalized spacial score (nSPS) is 14.9. The predicted octanol–water partition coefficient (Wildman–Crippen LogP) is 1.75. The van der Waals surface area contributed by atoms with Crippen LogP contribution < -0.4 is 10.6 Å². The van der Waals surface area contributed by atoms with Crippen molar-refractivity contribution in [2.45, 2.75) is 24.4 Å². The second-order valence-corrected chi connectivity index (χ2v) is 6.20. The summed E-state index contributed by atoms with van der Waals surface area (Å²) in [5.74, 6) is 0.226. The molecule has 0 unspecified atom stereocenters. The van der Waals surface area contributed by atoms with Gasteiger partial charge in [0.2, 0.25) is 5.91 Å². The van der Waals surface area contributed by atoms with Crippen LogP contribution in [-0.2, 0) is 11.3 Å². The van der Waals surface area contributed by atoms with E-state index in [2.05, 4.69) is 15.6 Å². The molecule has 0 radical (unpaired) electrons. The molecule has 0 spiro atoms.